The van der Waals surface area contributed by atoms with Crippen molar-refractivity contribution in [3.05, 3.63) is 51.3 Å². The first-order valence-corrected chi connectivity index (χ1v) is 8.26. The van der Waals surface area contributed by atoms with Gasteiger partial charge < -0.3 is 24.8 Å². The number of furan rings is 1. The van der Waals surface area contributed by atoms with Gasteiger partial charge in [-0.3, -0.25) is 14.4 Å². The van der Waals surface area contributed by atoms with Crippen molar-refractivity contribution in [3.63, 3.8) is 0 Å². The molecule has 27 heavy (non-hydrogen) atoms. The number of nitrogens with zero attached hydrogens (tertiary/aromatic N) is 1. The Balaban J connectivity index is 1.53. The van der Waals surface area contributed by atoms with E-state index in [0.29, 0.717) is 28.1 Å². The summed E-state index contributed by atoms with van der Waals surface area (Å²) in [7, 11) is 0. The number of carbonyl (C=O) groups excluding carboxylic acids is 2. The zero-order chi connectivity index (χ0) is 19.1. The number of aryl methyl sites for hydroxylation is 2. The minimum absolute atomic E-state index is 0.0175. The van der Waals surface area contributed by atoms with E-state index in [9.17, 15) is 14.4 Å². The number of benzene rings is 1. The molecule has 0 unspecified atom stereocenters. The van der Waals surface area contributed by atoms with Crippen molar-refractivity contribution in [2.24, 2.45) is 0 Å². The molecule has 2 aromatic heterocycles. The molecule has 3 heterocycles. The zero-order valence-electron chi connectivity index (χ0n) is 14.6. The number of aromatic nitrogens is 2. The van der Waals surface area contributed by atoms with Gasteiger partial charge in [0.1, 0.15) is 16.9 Å². The van der Waals surface area contributed by atoms with Crippen molar-refractivity contribution in [1.29, 1.82) is 0 Å². The van der Waals surface area contributed by atoms with Gasteiger partial charge in [-0.05, 0) is 31.5 Å². The third kappa shape index (κ3) is 3.03. The van der Waals surface area contributed by atoms with E-state index in [4.69, 9.17) is 9.15 Å². The first kappa shape index (κ1) is 16.8. The van der Waals surface area contributed by atoms with Gasteiger partial charge >= 0.3 is 0 Å². The summed E-state index contributed by atoms with van der Waals surface area (Å²) >= 11 is 0. The molecule has 0 aliphatic carbocycles. The maximum Gasteiger partial charge on any atom is 0.287 e. The SMILES string of the molecule is Cc1oc2nc(C(=O)NCc3ccc4c(c3)NC(=O)CO4)[nH]c(=O)c2c1C. The highest BCUT2D eigenvalue weighted by atomic mass is 16.5. The lowest BCUT2D eigenvalue weighted by atomic mass is 10.1. The van der Waals surface area contributed by atoms with Crippen LogP contribution in [0.2, 0.25) is 0 Å². The largest absolute Gasteiger partial charge is 0.482 e. The maximum atomic E-state index is 12.4. The molecule has 1 aliphatic rings. The molecule has 9 heteroatoms. The molecule has 2 amide bonds. The minimum Gasteiger partial charge on any atom is -0.482 e. The number of carbonyl (C=O) groups is 2. The second kappa shape index (κ2) is 6.27. The van der Waals surface area contributed by atoms with Crippen molar-refractivity contribution >= 4 is 28.6 Å². The number of hydrogen-bond donors (Lipinski definition) is 3. The fourth-order valence-electron chi connectivity index (χ4n) is 2.87. The van der Waals surface area contributed by atoms with Gasteiger partial charge in [0.25, 0.3) is 17.4 Å². The van der Waals surface area contributed by atoms with Crippen molar-refractivity contribution in [1.82, 2.24) is 15.3 Å². The van der Waals surface area contributed by atoms with Gasteiger partial charge in [0.05, 0.1) is 5.69 Å². The van der Waals surface area contributed by atoms with Crippen LogP contribution in [0.5, 0.6) is 5.75 Å². The lowest BCUT2D eigenvalue weighted by Gasteiger charge is -2.18. The average Bonchev–Trinajstić information content (AvgIpc) is 2.93. The summed E-state index contributed by atoms with van der Waals surface area (Å²) in [6.07, 6.45) is 0. The van der Waals surface area contributed by atoms with Gasteiger partial charge in [-0.15, -0.1) is 0 Å². The molecular formula is C18H16N4O5. The van der Waals surface area contributed by atoms with Crippen LogP contribution in [0.4, 0.5) is 5.69 Å². The average molecular weight is 368 g/mol. The first-order chi connectivity index (χ1) is 12.9. The van der Waals surface area contributed by atoms with Gasteiger partial charge in [-0.25, -0.2) is 0 Å². The highest BCUT2D eigenvalue weighted by molar-refractivity contribution is 5.95. The fraction of sp³-hybridized carbons (Fsp3) is 0.222. The summed E-state index contributed by atoms with van der Waals surface area (Å²) in [5.41, 5.74) is 1.71. The van der Waals surface area contributed by atoms with Crippen molar-refractivity contribution < 1.29 is 18.7 Å². The quantitative estimate of drug-likeness (QED) is 0.641. The van der Waals surface area contributed by atoms with Gasteiger partial charge in [-0.1, -0.05) is 6.07 Å². The zero-order valence-corrected chi connectivity index (χ0v) is 14.6. The van der Waals surface area contributed by atoms with Crippen molar-refractivity contribution in [2.75, 3.05) is 11.9 Å². The van der Waals surface area contributed by atoms with Crippen LogP contribution < -0.4 is 20.9 Å². The fourth-order valence-corrected chi connectivity index (χ4v) is 2.87. The van der Waals surface area contributed by atoms with Gasteiger partial charge in [-0.2, -0.15) is 4.98 Å². The number of fused-ring (bicyclic) bond motifs is 2. The molecule has 0 spiro atoms. The summed E-state index contributed by atoms with van der Waals surface area (Å²) in [4.78, 5) is 42.6. The molecule has 0 saturated heterocycles. The number of rotatable bonds is 3. The Labute approximate surface area is 152 Å². The van der Waals surface area contributed by atoms with Crippen LogP contribution in [0.25, 0.3) is 11.1 Å². The molecule has 0 fully saturated rings. The summed E-state index contributed by atoms with van der Waals surface area (Å²) in [5.74, 6) is 0.251. The van der Waals surface area contributed by atoms with Crippen LogP contribution >= 0.6 is 0 Å². The van der Waals surface area contributed by atoms with E-state index in [-0.39, 0.29) is 30.6 Å². The van der Waals surface area contributed by atoms with Crippen molar-refractivity contribution in [3.8, 4) is 5.75 Å². The first-order valence-electron chi connectivity index (χ1n) is 8.26. The normalized spacial score (nSPS) is 13.0. The number of ether oxygens (including phenoxy) is 1. The van der Waals surface area contributed by atoms with E-state index >= 15 is 0 Å². The molecule has 1 aliphatic heterocycles. The standard InChI is InChI=1S/C18H16N4O5/c1-8-9(2)27-18-14(8)16(24)21-15(22-18)17(25)19-6-10-3-4-12-11(5-10)20-13(23)7-26-12/h3-5H,6-7H2,1-2H3,(H,19,25)(H,20,23)(H,21,22,24). The Kier molecular flexibility index (Phi) is 3.91. The van der Waals surface area contributed by atoms with Crippen LogP contribution in [0.1, 0.15) is 27.5 Å². The molecule has 9 nitrogen and oxygen atoms in total. The molecule has 4 rings (SSSR count). The lowest BCUT2D eigenvalue weighted by molar-refractivity contribution is -0.118. The summed E-state index contributed by atoms with van der Waals surface area (Å²) in [6.45, 7) is 3.65. The monoisotopic (exact) mass is 368 g/mol. The van der Waals surface area contributed by atoms with Crippen molar-refractivity contribution in [2.45, 2.75) is 20.4 Å². The predicted molar refractivity (Wildman–Crippen MR) is 95.8 cm³/mol. The minimum atomic E-state index is -0.543. The third-order valence-corrected chi connectivity index (χ3v) is 4.38. The maximum absolute atomic E-state index is 12.4. The van der Waals surface area contributed by atoms with Crippen LogP contribution in [0.15, 0.2) is 27.4 Å². The molecule has 0 atom stereocenters. The van der Waals surface area contributed by atoms with Crippen LogP contribution in [-0.4, -0.2) is 28.4 Å². The highest BCUT2D eigenvalue weighted by Gasteiger charge is 2.18. The summed E-state index contributed by atoms with van der Waals surface area (Å²) in [6, 6.07) is 5.21. The van der Waals surface area contributed by atoms with Crippen LogP contribution in [0, 0.1) is 13.8 Å². The topological polar surface area (TPSA) is 126 Å². The molecule has 138 valence electrons. The molecule has 0 radical (unpaired) electrons. The highest BCUT2D eigenvalue weighted by Crippen LogP contribution is 2.28. The third-order valence-electron chi connectivity index (χ3n) is 4.38. The Morgan fingerprint density at radius 1 is 1.30 bits per heavy atom. The predicted octanol–water partition coefficient (Wildman–Crippen LogP) is 1.39. The smallest absolute Gasteiger partial charge is 0.287 e. The number of anilines is 1. The van der Waals surface area contributed by atoms with Gasteiger partial charge in [0.2, 0.25) is 11.5 Å². The number of amides is 2. The second-order valence-electron chi connectivity index (χ2n) is 6.23. The van der Waals surface area contributed by atoms with E-state index in [1.807, 2.05) is 0 Å². The van der Waals surface area contributed by atoms with Gasteiger partial charge in [0, 0.05) is 12.1 Å². The number of H-pyrrole nitrogens is 1. The Morgan fingerprint density at radius 3 is 2.93 bits per heavy atom. The molecule has 0 saturated carbocycles. The number of hydrogen-bond acceptors (Lipinski definition) is 6. The van der Waals surface area contributed by atoms with E-state index in [2.05, 4.69) is 20.6 Å². The van der Waals surface area contributed by atoms with E-state index in [1.165, 1.54) is 0 Å². The second-order valence-corrected chi connectivity index (χ2v) is 6.23. The van der Waals surface area contributed by atoms with Gasteiger partial charge in [0.15, 0.2) is 6.61 Å². The molecule has 3 aromatic rings. The molecule has 1 aromatic carbocycles. The number of aromatic amines is 1. The van der Waals surface area contributed by atoms with Crippen LogP contribution in [0.3, 0.4) is 0 Å². The Bertz CT molecular complexity index is 1140. The summed E-state index contributed by atoms with van der Waals surface area (Å²) < 4.78 is 10.7. The molecule has 0 bridgehead atoms. The Hall–Kier alpha value is -3.62. The lowest BCUT2D eigenvalue weighted by Crippen LogP contribution is -2.28. The number of nitrogens with one attached hydrogen (secondary N) is 3. The van der Waals surface area contributed by atoms with Crippen LogP contribution in [-0.2, 0) is 11.3 Å². The summed E-state index contributed by atoms with van der Waals surface area (Å²) in [5, 5.41) is 5.73. The van der Waals surface area contributed by atoms with E-state index < -0.39 is 11.5 Å². The Morgan fingerprint density at radius 2 is 2.11 bits per heavy atom. The molecule has 3 N–H and O–H groups in total. The molecular weight excluding hydrogens is 352 g/mol. The van der Waals surface area contributed by atoms with E-state index in [1.54, 1.807) is 32.0 Å². The van der Waals surface area contributed by atoms with E-state index in [0.717, 1.165) is 5.56 Å².